The quantitative estimate of drug-likeness (QED) is 0.580. The van der Waals surface area contributed by atoms with Crippen LogP contribution in [0.15, 0.2) is 64.0 Å². The van der Waals surface area contributed by atoms with E-state index in [1.165, 1.54) is 30.4 Å². The normalized spacial score (nSPS) is 12.5. The molecule has 0 spiro atoms. The van der Waals surface area contributed by atoms with Crippen molar-refractivity contribution in [3.8, 4) is 10.6 Å². The molecule has 2 N–H and O–H groups in total. The zero-order valence-corrected chi connectivity index (χ0v) is 17.3. The molecule has 0 saturated carbocycles. The summed E-state index contributed by atoms with van der Waals surface area (Å²) >= 11 is 4.57. The molecule has 27 heavy (non-hydrogen) atoms. The summed E-state index contributed by atoms with van der Waals surface area (Å²) in [6.45, 7) is 1.46. The first kappa shape index (κ1) is 19.6. The molecule has 0 aliphatic heterocycles. The Bertz CT molecular complexity index is 1040. The number of anilines is 1. The van der Waals surface area contributed by atoms with Gasteiger partial charge in [-0.15, -0.1) is 10.2 Å². The largest absolute Gasteiger partial charge is 0.299 e. The molecular formula is C17H15BrN4O3S2. The van der Waals surface area contributed by atoms with Crippen molar-refractivity contribution in [2.75, 3.05) is 5.32 Å². The highest BCUT2D eigenvalue weighted by Gasteiger charge is 2.22. The van der Waals surface area contributed by atoms with Crippen LogP contribution in [0.4, 0.5) is 5.13 Å². The number of amides is 1. The summed E-state index contributed by atoms with van der Waals surface area (Å²) in [7, 11) is -3.79. The first-order chi connectivity index (χ1) is 12.8. The van der Waals surface area contributed by atoms with Crippen LogP contribution in [-0.4, -0.2) is 30.6 Å². The molecule has 10 heteroatoms. The van der Waals surface area contributed by atoms with E-state index in [0.29, 0.717) is 10.1 Å². The first-order valence-electron chi connectivity index (χ1n) is 7.83. The minimum atomic E-state index is -3.79. The molecule has 0 saturated heterocycles. The number of carbonyl (C=O) groups is 1. The third-order valence-electron chi connectivity index (χ3n) is 3.53. The van der Waals surface area contributed by atoms with E-state index in [0.717, 1.165) is 10.0 Å². The monoisotopic (exact) mass is 466 g/mol. The summed E-state index contributed by atoms with van der Waals surface area (Å²) in [5.74, 6) is -0.520. The second-order valence-electron chi connectivity index (χ2n) is 5.56. The number of hydrogen-bond acceptors (Lipinski definition) is 6. The van der Waals surface area contributed by atoms with Crippen LogP contribution >= 0.6 is 27.3 Å². The molecule has 0 radical (unpaired) electrons. The van der Waals surface area contributed by atoms with Gasteiger partial charge in [0.25, 0.3) is 0 Å². The van der Waals surface area contributed by atoms with E-state index in [9.17, 15) is 13.2 Å². The third-order valence-corrected chi connectivity index (χ3v) is 6.50. The van der Waals surface area contributed by atoms with Crippen molar-refractivity contribution in [1.82, 2.24) is 14.9 Å². The first-order valence-corrected chi connectivity index (χ1v) is 10.9. The molecule has 0 fully saturated rings. The number of hydrogen-bond donors (Lipinski definition) is 2. The highest BCUT2D eigenvalue weighted by atomic mass is 79.9. The lowest BCUT2D eigenvalue weighted by Gasteiger charge is -2.13. The van der Waals surface area contributed by atoms with Crippen molar-refractivity contribution in [1.29, 1.82) is 0 Å². The standard InChI is InChI=1S/C17H15BrN4O3S2/c1-11(22-27(24,25)14-5-3-2-4-6-14)15(23)19-17-21-20-16(26-17)12-7-9-13(18)10-8-12/h2-11,22H,1H3,(H,19,21,23)/t11-/m1/s1. The fourth-order valence-corrected chi connectivity index (χ4v) is 4.39. The van der Waals surface area contributed by atoms with Gasteiger partial charge in [0.05, 0.1) is 10.9 Å². The Balaban J connectivity index is 1.66. The van der Waals surface area contributed by atoms with E-state index in [2.05, 4.69) is 36.2 Å². The molecule has 1 heterocycles. The van der Waals surface area contributed by atoms with E-state index < -0.39 is 22.0 Å². The molecule has 1 amide bonds. The average Bonchev–Trinajstić information content (AvgIpc) is 3.11. The molecule has 0 bridgehead atoms. The summed E-state index contributed by atoms with van der Waals surface area (Å²) in [6, 6.07) is 14.4. The number of carbonyl (C=O) groups excluding carboxylic acids is 1. The third kappa shape index (κ3) is 4.98. The lowest BCUT2D eigenvalue weighted by molar-refractivity contribution is -0.117. The molecule has 7 nitrogen and oxygen atoms in total. The number of halogens is 1. The van der Waals surface area contributed by atoms with Crippen LogP contribution in [0.5, 0.6) is 0 Å². The highest BCUT2D eigenvalue weighted by molar-refractivity contribution is 9.10. The van der Waals surface area contributed by atoms with Crippen LogP contribution in [-0.2, 0) is 14.8 Å². The Morgan fingerprint density at radius 3 is 2.41 bits per heavy atom. The minimum absolute atomic E-state index is 0.0955. The SMILES string of the molecule is C[C@@H](NS(=O)(=O)c1ccccc1)C(=O)Nc1nnc(-c2ccc(Br)cc2)s1. The van der Waals surface area contributed by atoms with Gasteiger partial charge in [-0.25, -0.2) is 8.42 Å². The fourth-order valence-electron chi connectivity index (χ4n) is 2.15. The second kappa shape index (κ2) is 8.26. The van der Waals surface area contributed by atoms with Crippen molar-refractivity contribution in [3.05, 3.63) is 59.1 Å². The molecule has 1 aromatic heterocycles. The summed E-state index contributed by atoms with van der Waals surface area (Å²) in [5, 5.41) is 11.5. The smallest absolute Gasteiger partial charge is 0.244 e. The molecule has 3 aromatic rings. The van der Waals surface area contributed by atoms with Gasteiger partial charge >= 0.3 is 0 Å². The van der Waals surface area contributed by atoms with Gasteiger partial charge in [0.2, 0.25) is 21.1 Å². The van der Waals surface area contributed by atoms with Gasteiger partial charge in [0, 0.05) is 10.0 Å². The van der Waals surface area contributed by atoms with E-state index in [1.807, 2.05) is 24.3 Å². The number of nitrogens with zero attached hydrogens (tertiary/aromatic N) is 2. The topological polar surface area (TPSA) is 101 Å². The Labute approximate surface area is 169 Å². The van der Waals surface area contributed by atoms with Gasteiger partial charge in [-0.3, -0.25) is 10.1 Å². The van der Waals surface area contributed by atoms with Gasteiger partial charge in [0.15, 0.2) is 0 Å². The van der Waals surface area contributed by atoms with Crippen LogP contribution in [0.3, 0.4) is 0 Å². The van der Waals surface area contributed by atoms with E-state index in [1.54, 1.807) is 18.2 Å². The number of aromatic nitrogens is 2. The number of nitrogens with one attached hydrogen (secondary N) is 2. The summed E-state index contributed by atoms with van der Waals surface area (Å²) < 4.78 is 27.9. The molecule has 140 valence electrons. The fraction of sp³-hybridized carbons (Fsp3) is 0.118. The molecular weight excluding hydrogens is 452 g/mol. The van der Waals surface area contributed by atoms with Gasteiger partial charge in [-0.05, 0) is 31.2 Å². The van der Waals surface area contributed by atoms with Crippen molar-refractivity contribution < 1.29 is 13.2 Å². The van der Waals surface area contributed by atoms with Crippen LogP contribution in [0, 0.1) is 0 Å². The molecule has 3 rings (SSSR count). The van der Waals surface area contributed by atoms with Gasteiger partial charge in [-0.2, -0.15) is 4.72 Å². The van der Waals surface area contributed by atoms with Gasteiger partial charge < -0.3 is 0 Å². The van der Waals surface area contributed by atoms with E-state index in [-0.39, 0.29) is 4.90 Å². The average molecular weight is 467 g/mol. The van der Waals surface area contributed by atoms with E-state index in [4.69, 9.17) is 0 Å². The Hall–Kier alpha value is -2.14. The number of benzene rings is 2. The zero-order valence-electron chi connectivity index (χ0n) is 14.1. The molecule has 1 atom stereocenters. The predicted octanol–water partition coefficient (Wildman–Crippen LogP) is 3.27. The Kier molecular flexibility index (Phi) is 6.00. The summed E-state index contributed by atoms with van der Waals surface area (Å²) in [5.41, 5.74) is 0.869. The summed E-state index contributed by atoms with van der Waals surface area (Å²) in [6.07, 6.45) is 0. The van der Waals surface area contributed by atoms with Gasteiger partial charge in [-0.1, -0.05) is 57.6 Å². The Morgan fingerprint density at radius 2 is 1.74 bits per heavy atom. The lowest BCUT2D eigenvalue weighted by atomic mass is 10.2. The highest BCUT2D eigenvalue weighted by Crippen LogP contribution is 2.27. The summed E-state index contributed by atoms with van der Waals surface area (Å²) in [4.78, 5) is 12.4. The van der Waals surface area contributed by atoms with Crippen molar-refractivity contribution >= 4 is 48.3 Å². The van der Waals surface area contributed by atoms with Crippen LogP contribution in [0.1, 0.15) is 6.92 Å². The van der Waals surface area contributed by atoms with Crippen molar-refractivity contribution in [3.63, 3.8) is 0 Å². The van der Waals surface area contributed by atoms with Crippen LogP contribution < -0.4 is 10.0 Å². The van der Waals surface area contributed by atoms with Crippen LogP contribution in [0.2, 0.25) is 0 Å². The zero-order chi connectivity index (χ0) is 19.4. The Morgan fingerprint density at radius 1 is 1.07 bits per heavy atom. The second-order valence-corrected chi connectivity index (χ2v) is 9.17. The maximum absolute atomic E-state index is 12.3. The maximum Gasteiger partial charge on any atom is 0.244 e. The lowest BCUT2D eigenvalue weighted by Crippen LogP contribution is -2.41. The molecule has 0 aliphatic rings. The minimum Gasteiger partial charge on any atom is -0.299 e. The van der Waals surface area contributed by atoms with Crippen LogP contribution in [0.25, 0.3) is 10.6 Å². The number of sulfonamides is 1. The van der Waals surface area contributed by atoms with E-state index >= 15 is 0 Å². The predicted molar refractivity (Wildman–Crippen MR) is 108 cm³/mol. The molecule has 0 unspecified atom stereocenters. The van der Waals surface area contributed by atoms with Crippen molar-refractivity contribution in [2.24, 2.45) is 0 Å². The molecule has 2 aromatic carbocycles. The van der Waals surface area contributed by atoms with Crippen molar-refractivity contribution in [2.45, 2.75) is 17.9 Å². The maximum atomic E-state index is 12.3. The van der Waals surface area contributed by atoms with Gasteiger partial charge in [0.1, 0.15) is 5.01 Å². The number of rotatable bonds is 6. The molecule has 0 aliphatic carbocycles.